The predicted molar refractivity (Wildman–Crippen MR) is 346 cm³/mol. The molecule has 3 saturated carbocycles. The van der Waals surface area contributed by atoms with Gasteiger partial charge in [0, 0.05) is 50.4 Å². The van der Waals surface area contributed by atoms with Crippen LogP contribution in [0, 0.1) is 0 Å². The van der Waals surface area contributed by atoms with E-state index in [1.165, 1.54) is 185 Å². The fourth-order valence-corrected chi connectivity index (χ4v) is 18.7. The first-order chi connectivity index (χ1) is 39.9. The summed E-state index contributed by atoms with van der Waals surface area (Å²) in [4.78, 5) is 8.10. The monoisotopic (exact) mass is 1060 g/mol. The van der Waals surface area contributed by atoms with E-state index >= 15 is 0 Å². The Bertz CT molecular complexity index is 4290. The van der Waals surface area contributed by atoms with Crippen LogP contribution < -0.4 is 14.7 Å². The van der Waals surface area contributed by atoms with Crippen molar-refractivity contribution in [3.63, 3.8) is 0 Å². The SMILES string of the molecule is CC12CCCC1(C)N(c1ccccc1)c1ccc(-c3cc(-c4ccccc4)c4ccc5c(-c6ccc7c(c6)C6(C)CCCC6(C)N7c6ccccc6)cc(-c6ccc7c(c6)C6(C)CCCC6(C)N7c6ccccc6)c6ccc3c4c56)cc12. The van der Waals surface area contributed by atoms with Crippen molar-refractivity contribution < 1.29 is 0 Å². The van der Waals surface area contributed by atoms with Gasteiger partial charge in [-0.05, 0) is 238 Å². The lowest BCUT2D eigenvalue weighted by molar-refractivity contribution is 0.330. The Morgan fingerprint density at radius 3 is 0.854 bits per heavy atom. The molecular formula is C79H71N3. The van der Waals surface area contributed by atoms with Gasteiger partial charge >= 0.3 is 0 Å². The second-order valence-electron chi connectivity index (χ2n) is 27.0. The molecule has 0 bridgehead atoms. The standard InChI is InChI=1S/C79H71N3/c1-74-40-19-43-77(74,4)80(55-24-13-8-14-25-55)69-37-30-52(46-66(69)74)63-49-62(51-22-11-7-12-23-51)58-33-34-60-64(53-31-38-70-67(47-53)75(2)41-20-44-78(75,5)81(70)56-26-15-9-16-27-56)50-65(61-36-35-59(63)72(58)73(60)61)54-32-39-71-68(48-54)76(3)42-21-45-79(76,6)82(71)57-28-17-10-18-29-57/h7-18,22-39,46-50H,19-21,40-45H2,1-6H3. The molecule has 11 aromatic rings. The molecule has 6 atom stereocenters. The molecule has 6 unspecified atom stereocenters. The maximum atomic E-state index is 2.70. The number of fused-ring (bicyclic) bond motifs is 9. The summed E-state index contributed by atoms with van der Waals surface area (Å²) in [6.07, 6.45) is 10.7. The molecular weight excluding hydrogens is 991 g/mol. The van der Waals surface area contributed by atoms with Gasteiger partial charge in [-0.15, -0.1) is 0 Å². The molecule has 3 heteroatoms. The molecule has 3 aliphatic heterocycles. The number of hydrogen-bond donors (Lipinski definition) is 0. The maximum Gasteiger partial charge on any atom is 0.0517 e. The third-order valence-electron chi connectivity index (χ3n) is 23.5. The van der Waals surface area contributed by atoms with Crippen molar-refractivity contribution in [3.05, 3.63) is 229 Å². The molecule has 11 aromatic carbocycles. The molecule has 0 spiro atoms. The summed E-state index contributed by atoms with van der Waals surface area (Å²) in [5.41, 5.74) is 22.7. The lowest BCUT2D eigenvalue weighted by Gasteiger charge is -2.42. The summed E-state index contributed by atoms with van der Waals surface area (Å²) >= 11 is 0. The average Bonchev–Trinajstić information content (AvgIpc) is 1.62. The second-order valence-corrected chi connectivity index (χ2v) is 27.0. The molecule has 0 amide bonds. The largest absolute Gasteiger partial charge is 0.334 e. The van der Waals surface area contributed by atoms with Crippen LogP contribution in [0.25, 0.3) is 76.8 Å². The third kappa shape index (κ3) is 6.07. The van der Waals surface area contributed by atoms with Crippen LogP contribution >= 0.6 is 0 Å². The van der Waals surface area contributed by atoms with Gasteiger partial charge in [0.15, 0.2) is 0 Å². The van der Waals surface area contributed by atoms with Crippen molar-refractivity contribution in [2.75, 3.05) is 14.7 Å². The Kier molecular flexibility index (Phi) is 9.92. The van der Waals surface area contributed by atoms with Crippen LogP contribution in [0.1, 0.15) is 116 Å². The molecule has 3 nitrogen and oxygen atoms in total. The number of hydrogen-bond acceptors (Lipinski definition) is 3. The fourth-order valence-electron chi connectivity index (χ4n) is 18.7. The maximum absolute atomic E-state index is 2.70. The van der Waals surface area contributed by atoms with Gasteiger partial charge < -0.3 is 14.7 Å². The van der Waals surface area contributed by atoms with Crippen molar-refractivity contribution in [3.8, 4) is 44.5 Å². The average molecular weight is 1060 g/mol. The molecule has 82 heavy (non-hydrogen) atoms. The lowest BCUT2D eigenvalue weighted by Crippen LogP contribution is -2.48. The van der Waals surface area contributed by atoms with Crippen molar-refractivity contribution in [1.82, 2.24) is 0 Å². The van der Waals surface area contributed by atoms with Gasteiger partial charge in [-0.25, -0.2) is 0 Å². The van der Waals surface area contributed by atoms with Crippen molar-refractivity contribution >= 4 is 66.4 Å². The number of rotatable bonds is 7. The quantitative estimate of drug-likeness (QED) is 0.147. The first-order valence-corrected chi connectivity index (χ1v) is 30.7. The van der Waals surface area contributed by atoms with E-state index in [4.69, 9.17) is 0 Å². The number of anilines is 6. The molecule has 3 heterocycles. The van der Waals surface area contributed by atoms with Gasteiger partial charge in [-0.3, -0.25) is 0 Å². The smallest absolute Gasteiger partial charge is 0.0517 e. The van der Waals surface area contributed by atoms with Crippen LogP contribution in [-0.2, 0) is 16.2 Å². The summed E-state index contributed by atoms with van der Waals surface area (Å²) in [6, 6.07) is 82.6. The van der Waals surface area contributed by atoms with Crippen LogP contribution in [0.15, 0.2) is 212 Å². The predicted octanol–water partition coefficient (Wildman–Crippen LogP) is 21.3. The molecule has 3 aliphatic carbocycles. The number of nitrogens with zero attached hydrogens (tertiary/aromatic N) is 3. The van der Waals surface area contributed by atoms with E-state index in [1.54, 1.807) is 0 Å². The van der Waals surface area contributed by atoms with Gasteiger partial charge in [0.25, 0.3) is 0 Å². The van der Waals surface area contributed by atoms with Crippen LogP contribution in [0.5, 0.6) is 0 Å². The molecule has 6 aliphatic rings. The Labute approximate surface area is 484 Å². The highest BCUT2D eigenvalue weighted by molar-refractivity contribution is 6.32. The zero-order valence-corrected chi connectivity index (χ0v) is 48.4. The topological polar surface area (TPSA) is 9.72 Å². The van der Waals surface area contributed by atoms with Gasteiger partial charge in [0.2, 0.25) is 0 Å². The van der Waals surface area contributed by atoms with Gasteiger partial charge in [0.1, 0.15) is 0 Å². The highest BCUT2D eigenvalue weighted by atomic mass is 15.3. The van der Waals surface area contributed by atoms with E-state index in [2.05, 4.69) is 269 Å². The van der Waals surface area contributed by atoms with E-state index in [1.807, 2.05) is 0 Å². The molecule has 3 fully saturated rings. The second kappa shape index (κ2) is 16.8. The number of benzene rings is 11. The summed E-state index contributed by atoms with van der Waals surface area (Å²) in [5.74, 6) is 0. The van der Waals surface area contributed by atoms with Crippen LogP contribution in [0.2, 0.25) is 0 Å². The third-order valence-corrected chi connectivity index (χ3v) is 23.5. The van der Waals surface area contributed by atoms with Gasteiger partial charge in [-0.2, -0.15) is 0 Å². The molecule has 0 saturated heterocycles. The summed E-state index contributed by atoms with van der Waals surface area (Å²) in [6.45, 7) is 15.3. The summed E-state index contributed by atoms with van der Waals surface area (Å²) < 4.78 is 0. The minimum atomic E-state index is -0.0263. The highest BCUT2D eigenvalue weighted by Crippen LogP contribution is 2.66. The molecule has 0 N–H and O–H groups in total. The van der Waals surface area contributed by atoms with E-state index in [0.717, 1.165) is 0 Å². The zero-order chi connectivity index (χ0) is 55.1. The summed E-state index contributed by atoms with van der Waals surface area (Å²) in [7, 11) is 0. The van der Waals surface area contributed by atoms with E-state index in [-0.39, 0.29) is 32.9 Å². The fraction of sp³-hybridized carbons (Fsp3) is 0.266. The first-order valence-electron chi connectivity index (χ1n) is 30.7. The van der Waals surface area contributed by atoms with Crippen LogP contribution in [0.4, 0.5) is 34.1 Å². The van der Waals surface area contributed by atoms with Crippen molar-refractivity contribution in [1.29, 1.82) is 0 Å². The van der Waals surface area contributed by atoms with Crippen molar-refractivity contribution in [2.45, 2.75) is 132 Å². The van der Waals surface area contributed by atoms with Crippen LogP contribution in [0.3, 0.4) is 0 Å². The number of para-hydroxylation sites is 3. The van der Waals surface area contributed by atoms with E-state index in [0.29, 0.717) is 0 Å². The van der Waals surface area contributed by atoms with Gasteiger partial charge in [-0.1, -0.05) is 167 Å². The first kappa shape index (κ1) is 48.6. The van der Waals surface area contributed by atoms with E-state index < -0.39 is 0 Å². The minimum absolute atomic E-state index is 0.00470. The lowest BCUT2D eigenvalue weighted by atomic mass is 9.71. The molecule has 0 aromatic heterocycles. The van der Waals surface area contributed by atoms with Crippen molar-refractivity contribution in [2.24, 2.45) is 0 Å². The molecule has 17 rings (SSSR count). The Morgan fingerprint density at radius 1 is 0.268 bits per heavy atom. The summed E-state index contributed by atoms with van der Waals surface area (Å²) in [5, 5.41) is 7.98. The Balaban J connectivity index is 0.941. The normalized spacial score (nSPS) is 26.7. The zero-order valence-electron chi connectivity index (χ0n) is 48.4. The Hall–Kier alpha value is -8.14. The van der Waals surface area contributed by atoms with E-state index in [9.17, 15) is 0 Å². The molecule has 0 radical (unpaired) electrons. The molecule has 402 valence electrons. The van der Waals surface area contributed by atoms with Crippen LogP contribution in [-0.4, -0.2) is 16.6 Å². The van der Waals surface area contributed by atoms with Gasteiger partial charge in [0.05, 0.1) is 16.6 Å². The Morgan fingerprint density at radius 2 is 0.549 bits per heavy atom. The minimum Gasteiger partial charge on any atom is -0.334 e. The highest BCUT2D eigenvalue weighted by Gasteiger charge is 2.62.